The lowest BCUT2D eigenvalue weighted by atomic mass is 10.1. The molecule has 0 N–H and O–H groups in total. The summed E-state index contributed by atoms with van der Waals surface area (Å²) in [5.41, 5.74) is 1.65. The van der Waals surface area contributed by atoms with Crippen LogP contribution in [0.1, 0.15) is 22.8 Å². The molecule has 82 valence electrons. The maximum absolute atomic E-state index is 11.6. The highest BCUT2D eigenvalue weighted by molar-refractivity contribution is 9.25. The van der Waals surface area contributed by atoms with Crippen LogP contribution >= 0.6 is 31.9 Å². The van der Waals surface area contributed by atoms with Crippen molar-refractivity contribution in [3.8, 4) is 5.75 Å². The molecule has 0 aliphatic rings. The number of hydrogen-bond donors (Lipinski definition) is 0. The Bertz CT molecular complexity index is 362. The van der Waals surface area contributed by atoms with E-state index in [-0.39, 0.29) is 9.52 Å². The summed E-state index contributed by atoms with van der Waals surface area (Å²) in [6.07, 6.45) is 0. The zero-order valence-corrected chi connectivity index (χ0v) is 11.8. The van der Waals surface area contributed by atoms with Gasteiger partial charge in [-0.2, -0.15) is 0 Å². The molecule has 0 saturated heterocycles. The minimum absolute atomic E-state index is 0.0150. The smallest absolute Gasteiger partial charge is 0.187 e. The first-order valence-corrected chi connectivity index (χ1v) is 6.45. The molecule has 1 aromatic carbocycles. The van der Waals surface area contributed by atoms with Crippen LogP contribution in [-0.2, 0) is 0 Å². The van der Waals surface area contributed by atoms with Gasteiger partial charge in [-0.3, -0.25) is 4.79 Å². The van der Waals surface area contributed by atoms with Crippen molar-refractivity contribution in [3.63, 3.8) is 0 Å². The number of halogens is 2. The number of hydrogen-bond acceptors (Lipinski definition) is 2. The Hall–Kier alpha value is -0.350. The van der Waals surface area contributed by atoms with E-state index in [0.29, 0.717) is 12.2 Å². The van der Waals surface area contributed by atoms with Gasteiger partial charge in [0.1, 0.15) is 9.49 Å². The van der Waals surface area contributed by atoms with Crippen molar-refractivity contribution in [2.45, 2.75) is 17.6 Å². The Kier molecular flexibility index (Phi) is 4.80. The van der Waals surface area contributed by atoms with Crippen LogP contribution < -0.4 is 4.74 Å². The largest absolute Gasteiger partial charge is 0.494 e. The number of carbonyl (C=O) groups excluding carboxylic acids is 1. The second-order valence-corrected chi connectivity index (χ2v) is 6.14. The van der Waals surface area contributed by atoms with Crippen LogP contribution in [0.2, 0.25) is 0 Å². The van der Waals surface area contributed by atoms with E-state index in [1.807, 2.05) is 26.0 Å². The Balaban J connectivity index is 2.96. The lowest BCUT2D eigenvalue weighted by Gasteiger charge is -2.08. The number of alkyl halides is 2. The van der Waals surface area contributed by atoms with E-state index in [4.69, 9.17) is 4.74 Å². The number of benzene rings is 1. The summed E-state index contributed by atoms with van der Waals surface area (Å²) in [4.78, 5) is 11.6. The zero-order valence-electron chi connectivity index (χ0n) is 8.59. The monoisotopic (exact) mass is 334 g/mol. The number of rotatable bonds is 4. The van der Waals surface area contributed by atoms with Gasteiger partial charge in [-0.05, 0) is 37.6 Å². The highest BCUT2D eigenvalue weighted by Crippen LogP contribution is 2.22. The normalized spacial score (nSPS) is 10.5. The Morgan fingerprint density at radius 2 is 2.13 bits per heavy atom. The van der Waals surface area contributed by atoms with Gasteiger partial charge < -0.3 is 4.74 Å². The van der Waals surface area contributed by atoms with Crippen molar-refractivity contribution >= 4 is 37.6 Å². The van der Waals surface area contributed by atoms with Crippen LogP contribution in [0, 0.1) is 6.92 Å². The third kappa shape index (κ3) is 3.31. The fraction of sp³-hybridized carbons (Fsp3) is 0.364. The quantitative estimate of drug-likeness (QED) is 0.619. The molecule has 0 saturated carbocycles. The Morgan fingerprint density at radius 1 is 1.47 bits per heavy atom. The molecule has 0 unspecified atom stereocenters. The van der Waals surface area contributed by atoms with Crippen molar-refractivity contribution in [2.24, 2.45) is 0 Å². The molecule has 15 heavy (non-hydrogen) atoms. The van der Waals surface area contributed by atoms with Gasteiger partial charge in [-0.1, -0.05) is 31.9 Å². The van der Waals surface area contributed by atoms with E-state index < -0.39 is 0 Å². The molecule has 0 atom stereocenters. The van der Waals surface area contributed by atoms with Crippen molar-refractivity contribution < 1.29 is 9.53 Å². The van der Waals surface area contributed by atoms with E-state index >= 15 is 0 Å². The highest BCUT2D eigenvalue weighted by Gasteiger charge is 2.14. The van der Waals surface area contributed by atoms with Gasteiger partial charge in [0.2, 0.25) is 0 Å². The molecule has 0 spiro atoms. The summed E-state index contributed by atoms with van der Waals surface area (Å²) in [5.74, 6) is 0.843. The number of ketones is 1. The number of Topliss-reactive ketones (excluding diaryl/α,β-unsaturated/α-hetero) is 1. The van der Waals surface area contributed by atoms with Crippen LogP contribution in [0.5, 0.6) is 5.75 Å². The molecule has 1 rings (SSSR count). The number of aryl methyl sites for hydroxylation is 1. The highest BCUT2D eigenvalue weighted by atomic mass is 79.9. The van der Waals surface area contributed by atoms with Crippen LogP contribution in [0.3, 0.4) is 0 Å². The molecule has 0 aliphatic carbocycles. The summed E-state index contributed by atoms with van der Waals surface area (Å²) >= 11 is 6.37. The number of carbonyl (C=O) groups is 1. The van der Waals surface area contributed by atoms with Crippen LogP contribution in [0.4, 0.5) is 0 Å². The van der Waals surface area contributed by atoms with E-state index in [1.54, 1.807) is 6.07 Å². The van der Waals surface area contributed by atoms with Crippen LogP contribution in [0.15, 0.2) is 18.2 Å². The van der Waals surface area contributed by atoms with Crippen molar-refractivity contribution in [1.82, 2.24) is 0 Å². The lowest BCUT2D eigenvalue weighted by molar-refractivity contribution is 0.101. The third-order valence-corrected chi connectivity index (χ3v) is 2.79. The molecular weight excluding hydrogens is 324 g/mol. The third-order valence-electron chi connectivity index (χ3n) is 1.96. The van der Waals surface area contributed by atoms with E-state index in [1.165, 1.54) is 0 Å². The zero-order chi connectivity index (χ0) is 11.4. The second kappa shape index (κ2) is 5.66. The molecule has 0 fully saturated rings. The standard InChI is InChI=1S/C11H12Br2O2/c1-3-15-9-5-4-8(6-7(9)2)10(14)11(12)13/h4-6,11H,3H2,1-2H3. The van der Waals surface area contributed by atoms with Gasteiger partial charge in [0.25, 0.3) is 0 Å². The molecule has 0 heterocycles. The van der Waals surface area contributed by atoms with Crippen molar-refractivity contribution in [2.75, 3.05) is 6.61 Å². The van der Waals surface area contributed by atoms with Crippen molar-refractivity contribution in [3.05, 3.63) is 29.3 Å². The van der Waals surface area contributed by atoms with E-state index in [9.17, 15) is 4.79 Å². The average molecular weight is 336 g/mol. The summed E-state index contributed by atoms with van der Waals surface area (Å²) < 4.78 is 5.07. The van der Waals surface area contributed by atoms with E-state index in [2.05, 4.69) is 31.9 Å². The topological polar surface area (TPSA) is 26.3 Å². The predicted molar refractivity (Wildman–Crippen MR) is 68.3 cm³/mol. The molecule has 2 nitrogen and oxygen atoms in total. The fourth-order valence-corrected chi connectivity index (χ4v) is 1.77. The van der Waals surface area contributed by atoms with Gasteiger partial charge >= 0.3 is 0 Å². The van der Waals surface area contributed by atoms with Gasteiger partial charge in [-0.15, -0.1) is 0 Å². The first kappa shape index (κ1) is 12.7. The molecule has 1 aromatic rings. The predicted octanol–water partition coefficient (Wildman–Crippen LogP) is 3.69. The van der Waals surface area contributed by atoms with Gasteiger partial charge in [0.15, 0.2) is 5.78 Å². The fourth-order valence-electron chi connectivity index (χ4n) is 1.25. The number of ether oxygens (including phenoxy) is 1. The van der Waals surface area contributed by atoms with Crippen LogP contribution in [0.25, 0.3) is 0 Å². The minimum Gasteiger partial charge on any atom is -0.494 e. The van der Waals surface area contributed by atoms with Gasteiger partial charge in [0.05, 0.1) is 6.61 Å². The van der Waals surface area contributed by atoms with Gasteiger partial charge in [0, 0.05) is 5.56 Å². The lowest BCUT2D eigenvalue weighted by Crippen LogP contribution is -2.07. The van der Waals surface area contributed by atoms with Gasteiger partial charge in [-0.25, -0.2) is 0 Å². The molecule has 0 bridgehead atoms. The minimum atomic E-state index is -0.331. The maximum atomic E-state index is 11.6. The summed E-state index contributed by atoms with van der Waals surface area (Å²) in [6, 6.07) is 5.44. The SMILES string of the molecule is CCOc1ccc(C(=O)C(Br)Br)cc1C. The molecule has 0 amide bonds. The summed E-state index contributed by atoms with van der Waals surface area (Å²) in [5, 5.41) is 0. The average Bonchev–Trinajstić information content (AvgIpc) is 2.20. The van der Waals surface area contributed by atoms with Crippen molar-refractivity contribution in [1.29, 1.82) is 0 Å². The maximum Gasteiger partial charge on any atom is 0.187 e. The summed E-state index contributed by atoms with van der Waals surface area (Å²) in [6.45, 7) is 4.50. The first-order valence-electron chi connectivity index (χ1n) is 4.62. The first-order chi connectivity index (χ1) is 7.06. The van der Waals surface area contributed by atoms with E-state index in [0.717, 1.165) is 11.3 Å². The summed E-state index contributed by atoms with van der Waals surface area (Å²) in [7, 11) is 0. The molecular formula is C11H12Br2O2. The molecule has 4 heteroatoms. The van der Waals surface area contributed by atoms with Crippen LogP contribution in [-0.4, -0.2) is 16.1 Å². The Morgan fingerprint density at radius 3 is 2.60 bits per heavy atom. The second-order valence-electron chi connectivity index (χ2n) is 3.08. The molecule has 0 aromatic heterocycles. The molecule has 0 radical (unpaired) electrons. The Labute approximate surface area is 106 Å². The molecule has 0 aliphatic heterocycles.